The maximum atomic E-state index is 13.5. The number of hydrogen-bond acceptors (Lipinski definition) is 1. The Morgan fingerprint density at radius 1 is 1.13 bits per heavy atom. The largest absolute Gasteiger partial charge is 0.338 e. The van der Waals surface area contributed by atoms with Crippen LogP contribution in [0.2, 0.25) is 0 Å². The molecule has 0 aromatic heterocycles. The molecule has 0 fully saturated rings. The second-order valence-corrected chi connectivity index (χ2v) is 5.41. The van der Waals surface area contributed by atoms with Crippen LogP contribution < -0.4 is 5.32 Å². The molecule has 3 nitrogen and oxygen atoms in total. The maximum absolute atomic E-state index is 13.5. The number of halogens is 2. The van der Waals surface area contributed by atoms with Gasteiger partial charge in [0.05, 0.1) is 6.04 Å². The number of hydrogen-bond donors (Lipinski definition) is 1. The molecule has 0 saturated heterocycles. The highest BCUT2D eigenvalue weighted by atomic mass is 19.1. The molecule has 122 valence electrons. The van der Waals surface area contributed by atoms with E-state index in [1.54, 1.807) is 37.4 Å². The van der Waals surface area contributed by atoms with Crippen LogP contribution in [0.3, 0.4) is 0 Å². The number of amides is 2. The van der Waals surface area contributed by atoms with Crippen LogP contribution in [0.25, 0.3) is 0 Å². The van der Waals surface area contributed by atoms with E-state index in [1.807, 2.05) is 6.92 Å². The van der Waals surface area contributed by atoms with E-state index < -0.39 is 0 Å². The second-order valence-electron chi connectivity index (χ2n) is 5.41. The standard InChI is InChI=1S/C18H20F2N2O/c1-13(14-7-9-16(19)10-8-14)22(2)18(23)21-12-11-15-5-3-4-6-17(15)20/h3-10,13H,11-12H2,1-2H3,(H,21,23). The molecule has 0 aliphatic heterocycles. The molecule has 0 radical (unpaired) electrons. The summed E-state index contributed by atoms with van der Waals surface area (Å²) in [7, 11) is 1.67. The Labute approximate surface area is 134 Å². The van der Waals surface area contributed by atoms with Gasteiger partial charge in [-0.25, -0.2) is 13.6 Å². The Balaban J connectivity index is 1.87. The number of carbonyl (C=O) groups is 1. The van der Waals surface area contributed by atoms with Crippen molar-refractivity contribution in [2.75, 3.05) is 13.6 Å². The van der Waals surface area contributed by atoms with E-state index in [0.717, 1.165) is 5.56 Å². The Kier molecular flexibility index (Phi) is 5.68. The van der Waals surface area contributed by atoms with Crippen LogP contribution in [0.1, 0.15) is 24.1 Å². The lowest BCUT2D eigenvalue weighted by molar-refractivity contribution is 0.194. The molecule has 1 atom stereocenters. The number of rotatable bonds is 5. The quantitative estimate of drug-likeness (QED) is 0.890. The molecule has 2 amide bonds. The van der Waals surface area contributed by atoms with Crippen molar-refractivity contribution in [3.05, 3.63) is 71.3 Å². The minimum absolute atomic E-state index is 0.191. The first-order valence-electron chi connectivity index (χ1n) is 7.48. The summed E-state index contributed by atoms with van der Waals surface area (Å²) >= 11 is 0. The zero-order chi connectivity index (χ0) is 16.8. The number of carbonyl (C=O) groups excluding carboxylic acids is 1. The average Bonchev–Trinajstić information content (AvgIpc) is 2.56. The van der Waals surface area contributed by atoms with Crippen molar-refractivity contribution in [3.63, 3.8) is 0 Å². The van der Waals surface area contributed by atoms with E-state index in [4.69, 9.17) is 0 Å². The smallest absolute Gasteiger partial charge is 0.317 e. The minimum atomic E-state index is -0.307. The van der Waals surface area contributed by atoms with E-state index in [1.165, 1.54) is 23.1 Å². The first kappa shape index (κ1) is 16.9. The van der Waals surface area contributed by atoms with Gasteiger partial charge in [0.2, 0.25) is 0 Å². The summed E-state index contributed by atoms with van der Waals surface area (Å²) in [5.74, 6) is -0.576. The molecule has 0 bridgehead atoms. The van der Waals surface area contributed by atoms with Gasteiger partial charge in [-0.3, -0.25) is 0 Å². The molecule has 0 saturated carbocycles. The zero-order valence-corrected chi connectivity index (χ0v) is 13.2. The van der Waals surface area contributed by atoms with Gasteiger partial charge in [-0.15, -0.1) is 0 Å². The van der Waals surface area contributed by atoms with Gasteiger partial charge in [-0.1, -0.05) is 30.3 Å². The summed E-state index contributed by atoms with van der Waals surface area (Å²) in [6.07, 6.45) is 0.428. The Morgan fingerprint density at radius 2 is 1.78 bits per heavy atom. The molecular weight excluding hydrogens is 298 g/mol. The van der Waals surface area contributed by atoms with Gasteiger partial charge in [0, 0.05) is 13.6 Å². The van der Waals surface area contributed by atoms with Gasteiger partial charge >= 0.3 is 6.03 Å². The molecule has 5 heteroatoms. The molecular formula is C18H20F2N2O. The monoisotopic (exact) mass is 318 g/mol. The van der Waals surface area contributed by atoms with E-state index in [-0.39, 0.29) is 23.7 Å². The van der Waals surface area contributed by atoms with Crippen molar-refractivity contribution in [3.8, 4) is 0 Å². The topological polar surface area (TPSA) is 32.3 Å². The van der Waals surface area contributed by atoms with Crippen molar-refractivity contribution in [1.29, 1.82) is 0 Å². The van der Waals surface area contributed by atoms with Crippen LogP contribution in [0.15, 0.2) is 48.5 Å². The molecule has 23 heavy (non-hydrogen) atoms. The summed E-state index contributed by atoms with van der Waals surface area (Å²) in [4.78, 5) is 13.7. The molecule has 1 N–H and O–H groups in total. The molecule has 2 aromatic carbocycles. The van der Waals surface area contributed by atoms with E-state index >= 15 is 0 Å². The SMILES string of the molecule is CC(c1ccc(F)cc1)N(C)C(=O)NCCc1ccccc1F. The van der Waals surface area contributed by atoms with Crippen LogP contribution in [-0.4, -0.2) is 24.5 Å². The van der Waals surface area contributed by atoms with Crippen LogP contribution >= 0.6 is 0 Å². The highest BCUT2D eigenvalue weighted by Gasteiger charge is 2.17. The van der Waals surface area contributed by atoms with Gasteiger partial charge < -0.3 is 10.2 Å². The number of nitrogens with zero attached hydrogens (tertiary/aromatic N) is 1. The third kappa shape index (κ3) is 4.52. The maximum Gasteiger partial charge on any atom is 0.317 e. The predicted molar refractivity (Wildman–Crippen MR) is 86.1 cm³/mol. The fraction of sp³-hybridized carbons (Fsp3) is 0.278. The van der Waals surface area contributed by atoms with E-state index in [9.17, 15) is 13.6 Å². The highest BCUT2D eigenvalue weighted by molar-refractivity contribution is 5.74. The average molecular weight is 318 g/mol. The first-order valence-corrected chi connectivity index (χ1v) is 7.48. The van der Waals surface area contributed by atoms with Crippen LogP contribution in [-0.2, 0) is 6.42 Å². The molecule has 0 aliphatic rings. The lowest BCUT2D eigenvalue weighted by Gasteiger charge is -2.25. The Bertz CT molecular complexity index is 658. The Hall–Kier alpha value is -2.43. The lowest BCUT2D eigenvalue weighted by Crippen LogP contribution is -2.39. The van der Waals surface area contributed by atoms with Crippen LogP contribution in [0, 0.1) is 11.6 Å². The van der Waals surface area contributed by atoms with Gasteiger partial charge in [-0.2, -0.15) is 0 Å². The normalized spacial score (nSPS) is 11.8. The summed E-state index contributed by atoms with van der Waals surface area (Å²) in [6, 6.07) is 12.1. The van der Waals surface area contributed by atoms with E-state index in [0.29, 0.717) is 18.5 Å². The summed E-state index contributed by atoms with van der Waals surface area (Å²) in [6.45, 7) is 2.21. The fourth-order valence-electron chi connectivity index (χ4n) is 2.27. The summed E-state index contributed by atoms with van der Waals surface area (Å²) in [5, 5.41) is 2.77. The molecule has 1 unspecified atom stereocenters. The van der Waals surface area contributed by atoms with Gasteiger partial charge in [0.25, 0.3) is 0 Å². The fourth-order valence-corrected chi connectivity index (χ4v) is 2.27. The minimum Gasteiger partial charge on any atom is -0.338 e. The van der Waals surface area contributed by atoms with Gasteiger partial charge in [0.15, 0.2) is 0 Å². The molecule has 0 aliphatic carbocycles. The van der Waals surface area contributed by atoms with Crippen molar-refractivity contribution < 1.29 is 13.6 Å². The highest BCUT2D eigenvalue weighted by Crippen LogP contribution is 2.18. The summed E-state index contributed by atoms with van der Waals surface area (Å²) < 4.78 is 26.4. The molecule has 2 aromatic rings. The van der Waals surface area contributed by atoms with Crippen LogP contribution in [0.5, 0.6) is 0 Å². The molecule has 0 heterocycles. The zero-order valence-electron chi connectivity index (χ0n) is 13.2. The number of benzene rings is 2. The third-order valence-corrected chi connectivity index (χ3v) is 3.88. The van der Waals surface area contributed by atoms with Crippen molar-refractivity contribution in [1.82, 2.24) is 10.2 Å². The number of nitrogens with one attached hydrogen (secondary N) is 1. The Morgan fingerprint density at radius 3 is 2.43 bits per heavy atom. The van der Waals surface area contributed by atoms with Crippen molar-refractivity contribution >= 4 is 6.03 Å². The summed E-state index contributed by atoms with van der Waals surface area (Å²) in [5.41, 5.74) is 1.42. The second kappa shape index (κ2) is 7.72. The van der Waals surface area contributed by atoms with Crippen LogP contribution in [0.4, 0.5) is 13.6 Å². The molecule has 0 spiro atoms. The van der Waals surface area contributed by atoms with Crippen molar-refractivity contribution in [2.24, 2.45) is 0 Å². The number of urea groups is 1. The van der Waals surface area contributed by atoms with E-state index in [2.05, 4.69) is 5.32 Å². The predicted octanol–water partition coefficient (Wildman–Crippen LogP) is 3.91. The molecule has 2 rings (SSSR count). The van der Waals surface area contributed by atoms with Gasteiger partial charge in [-0.05, 0) is 42.7 Å². The lowest BCUT2D eigenvalue weighted by atomic mass is 10.1. The third-order valence-electron chi connectivity index (χ3n) is 3.88. The van der Waals surface area contributed by atoms with Crippen molar-refractivity contribution in [2.45, 2.75) is 19.4 Å². The first-order chi connectivity index (χ1) is 11.0. The van der Waals surface area contributed by atoms with Gasteiger partial charge in [0.1, 0.15) is 11.6 Å².